The Morgan fingerprint density at radius 3 is 2.29 bits per heavy atom. The van der Waals surface area contributed by atoms with E-state index in [-0.39, 0.29) is 18.0 Å². The summed E-state index contributed by atoms with van der Waals surface area (Å²) in [4.78, 5) is 24.3. The monoisotopic (exact) mass is 318 g/mol. The van der Waals surface area contributed by atoms with Gasteiger partial charge in [-0.1, -0.05) is 59.6 Å². The SMILES string of the molecule is CC(Cl)(Cl)C(=O)Cc1ccc2c(c1)C(=O)c1ccccc1-2. The summed E-state index contributed by atoms with van der Waals surface area (Å²) >= 11 is 11.6. The van der Waals surface area contributed by atoms with Crippen molar-refractivity contribution in [1.29, 1.82) is 0 Å². The molecule has 0 atom stereocenters. The third-order valence-corrected chi connectivity index (χ3v) is 4.07. The lowest BCUT2D eigenvalue weighted by Crippen LogP contribution is -2.23. The molecule has 3 rings (SSSR count). The van der Waals surface area contributed by atoms with Crippen LogP contribution >= 0.6 is 23.2 Å². The second kappa shape index (κ2) is 4.97. The average molecular weight is 319 g/mol. The van der Waals surface area contributed by atoms with E-state index in [4.69, 9.17) is 23.2 Å². The van der Waals surface area contributed by atoms with Crippen LogP contribution in [-0.2, 0) is 11.2 Å². The Hall–Kier alpha value is -1.64. The summed E-state index contributed by atoms with van der Waals surface area (Å²) in [6.45, 7) is 1.45. The number of ketones is 2. The summed E-state index contributed by atoms with van der Waals surface area (Å²) < 4.78 is -1.41. The van der Waals surface area contributed by atoms with E-state index in [9.17, 15) is 9.59 Å². The summed E-state index contributed by atoms with van der Waals surface area (Å²) in [5.74, 6) is -0.289. The van der Waals surface area contributed by atoms with Crippen molar-refractivity contribution in [3.63, 3.8) is 0 Å². The molecule has 0 fully saturated rings. The van der Waals surface area contributed by atoms with Crippen LogP contribution in [0, 0.1) is 0 Å². The molecule has 0 unspecified atom stereocenters. The highest BCUT2D eigenvalue weighted by Gasteiger charge is 2.29. The molecular weight excluding hydrogens is 307 g/mol. The molecule has 2 aromatic carbocycles. The molecule has 0 bridgehead atoms. The predicted molar refractivity (Wildman–Crippen MR) is 84.1 cm³/mol. The van der Waals surface area contributed by atoms with Crippen molar-refractivity contribution in [2.75, 3.05) is 0 Å². The Balaban J connectivity index is 1.98. The summed E-state index contributed by atoms with van der Waals surface area (Å²) in [5.41, 5.74) is 3.93. The molecule has 0 spiro atoms. The molecule has 0 saturated carbocycles. The first-order valence-electron chi connectivity index (χ1n) is 6.56. The van der Waals surface area contributed by atoms with E-state index in [0.717, 1.165) is 16.7 Å². The van der Waals surface area contributed by atoms with E-state index in [1.165, 1.54) is 6.92 Å². The number of hydrogen-bond acceptors (Lipinski definition) is 2. The van der Waals surface area contributed by atoms with Gasteiger partial charge in [0.1, 0.15) is 0 Å². The highest BCUT2D eigenvalue weighted by Crippen LogP contribution is 2.37. The summed E-state index contributed by atoms with van der Waals surface area (Å²) in [6.07, 6.45) is 0.112. The quantitative estimate of drug-likeness (QED) is 0.678. The molecular formula is C17H12Cl2O2. The summed E-state index contributed by atoms with van der Waals surface area (Å²) in [7, 11) is 0. The molecule has 1 aliphatic rings. The molecule has 21 heavy (non-hydrogen) atoms. The van der Waals surface area contributed by atoms with Crippen molar-refractivity contribution in [3.8, 4) is 11.1 Å². The van der Waals surface area contributed by atoms with Crippen molar-refractivity contribution in [2.45, 2.75) is 17.7 Å². The van der Waals surface area contributed by atoms with Crippen LogP contribution in [0.3, 0.4) is 0 Å². The molecule has 0 radical (unpaired) electrons. The average Bonchev–Trinajstić information content (AvgIpc) is 2.72. The van der Waals surface area contributed by atoms with Gasteiger partial charge in [-0.25, -0.2) is 0 Å². The maximum absolute atomic E-state index is 12.4. The smallest absolute Gasteiger partial charge is 0.194 e. The van der Waals surface area contributed by atoms with Crippen molar-refractivity contribution >= 4 is 34.8 Å². The third kappa shape index (κ3) is 2.50. The minimum Gasteiger partial charge on any atom is -0.296 e. The minimum absolute atomic E-state index is 0.00518. The van der Waals surface area contributed by atoms with Crippen molar-refractivity contribution in [1.82, 2.24) is 0 Å². The molecule has 106 valence electrons. The van der Waals surface area contributed by atoms with Crippen LogP contribution in [-0.4, -0.2) is 15.9 Å². The number of benzene rings is 2. The fourth-order valence-corrected chi connectivity index (χ4v) is 2.66. The zero-order valence-electron chi connectivity index (χ0n) is 11.3. The number of Topliss-reactive ketones (excluding diaryl/α,β-unsaturated/α-hetero) is 1. The zero-order valence-corrected chi connectivity index (χ0v) is 12.8. The fourth-order valence-electron chi connectivity index (χ4n) is 2.53. The van der Waals surface area contributed by atoms with Gasteiger partial charge in [-0.15, -0.1) is 0 Å². The van der Waals surface area contributed by atoms with Gasteiger partial charge in [-0.05, 0) is 29.7 Å². The first-order valence-corrected chi connectivity index (χ1v) is 7.31. The Kier molecular flexibility index (Phi) is 3.39. The van der Waals surface area contributed by atoms with Gasteiger partial charge in [0.05, 0.1) is 0 Å². The summed E-state index contributed by atoms with van der Waals surface area (Å²) in [6, 6.07) is 13.0. The molecule has 1 aliphatic carbocycles. The number of hydrogen-bond donors (Lipinski definition) is 0. The van der Waals surface area contributed by atoms with Gasteiger partial charge in [0.25, 0.3) is 0 Å². The van der Waals surface area contributed by atoms with Crippen LogP contribution in [0.5, 0.6) is 0 Å². The standard InChI is InChI=1S/C17H12Cl2O2/c1-17(18,19)15(20)9-10-6-7-12-11-4-2-3-5-13(11)16(21)14(12)8-10/h2-8H,9H2,1H3. The normalized spacial score (nSPS) is 13.0. The van der Waals surface area contributed by atoms with Crippen LogP contribution in [0.2, 0.25) is 0 Å². The number of carbonyl (C=O) groups is 2. The van der Waals surface area contributed by atoms with Gasteiger partial charge < -0.3 is 0 Å². The van der Waals surface area contributed by atoms with Crippen LogP contribution in [0.1, 0.15) is 28.4 Å². The molecule has 0 heterocycles. The summed E-state index contributed by atoms with van der Waals surface area (Å²) in [5, 5.41) is 0. The highest BCUT2D eigenvalue weighted by molar-refractivity contribution is 6.58. The fraction of sp³-hybridized carbons (Fsp3) is 0.176. The number of halogens is 2. The molecule has 0 amide bonds. The van der Waals surface area contributed by atoms with Crippen LogP contribution in [0.15, 0.2) is 42.5 Å². The molecule has 2 nitrogen and oxygen atoms in total. The van der Waals surface area contributed by atoms with Gasteiger partial charge >= 0.3 is 0 Å². The lowest BCUT2D eigenvalue weighted by Gasteiger charge is -2.12. The second-order valence-electron chi connectivity index (χ2n) is 5.24. The van der Waals surface area contributed by atoms with Crippen LogP contribution in [0.4, 0.5) is 0 Å². The predicted octanol–water partition coefficient (Wildman–Crippen LogP) is 4.20. The van der Waals surface area contributed by atoms with Crippen LogP contribution in [0.25, 0.3) is 11.1 Å². The van der Waals surface area contributed by atoms with E-state index in [0.29, 0.717) is 11.1 Å². The van der Waals surface area contributed by atoms with Gasteiger partial charge in [0.2, 0.25) is 0 Å². The molecule has 0 N–H and O–H groups in total. The van der Waals surface area contributed by atoms with E-state index >= 15 is 0 Å². The zero-order chi connectivity index (χ0) is 15.2. The molecule has 2 aromatic rings. The topological polar surface area (TPSA) is 34.1 Å². The molecule has 4 heteroatoms. The molecule has 0 aromatic heterocycles. The van der Waals surface area contributed by atoms with Crippen molar-refractivity contribution < 1.29 is 9.59 Å². The number of alkyl halides is 2. The van der Waals surface area contributed by atoms with Crippen LogP contribution < -0.4 is 0 Å². The van der Waals surface area contributed by atoms with E-state index in [1.807, 2.05) is 36.4 Å². The van der Waals surface area contributed by atoms with E-state index in [1.54, 1.807) is 6.07 Å². The Labute approximate surface area is 132 Å². The minimum atomic E-state index is -1.41. The van der Waals surface area contributed by atoms with Gasteiger partial charge in [0.15, 0.2) is 15.9 Å². The van der Waals surface area contributed by atoms with Gasteiger partial charge in [0, 0.05) is 17.5 Å². The first kappa shape index (κ1) is 14.3. The molecule has 0 saturated heterocycles. The van der Waals surface area contributed by atoms with E-state index in [2.05, 4.69) is 0 Å². The lowest BCUT2D eigenvalue weighted by molar-refractivity contribution is -0.118. The Morgan fingerprint density at radius 1 is 1.00 bits per heavy atom. The Bertz CT molecular complexity index is 758. The molecule has 0 aliphatic heterocycles. The van der Waals surface area contributed by atoms with Crippen molar-refractivity contribution in [3.05, 3.63) is 59.2 Å². The first-order chi connectivity index (χ1) is 9.88. The second-order valence-corrected chi connectivity index (χ2v) is 6.95. The van der Waals surface area contributed by atoms with Gasteiger partial charge in [-0.2, -0.15) is 0 Å². The third-order valence-electron chi connectivity index (χ3n) is 3.64. The lowest BCUT2D eigenvalue weighted by atomic mass is 10.00. The van der Waals surface area contributed by atoms with Crippen molar-refractivity contribution in [2.24, 2.45) is 0 Å². The number of rotatable bonds is 3. The number of carbonyl (C=O) groups excluding carboxylic acids is 2. The number of fused-ring (bicyclic) bond motifs is 3. The van der Waals surface area contributed by atoms with E-state index < -0.39 is 4.33 Å². The maximum atomic E-state index is 12.4. The van der Waals surface area contributed by atoms with Gasteiger partial charge in [-0.3, -0.25) is 9.59 Å². The maximum Gasteiger partial charge on any atom is 0.194 e. The Morgan fingerprint density at radius 2 is 1.62 bits per heavy atom. The highest BCUT2D eigenvalue weighted by atomic mass is 35.5. The largest absolute Gasteiger partial charge is 0.296 e.